The van der Waals surface area contributed by atoms with Crippen LogP contribution < -0.4 is 27.4 Å². The summed E-state index contributed by atoms with van der Waals surface area (Å²) in [6.07, 6.45) is 0.163. The molecule has 26 heavy (non-hydrogen) atoms. The van der Waals surface area contributed by atoms with E-state index in [-0.39, 0.29) is 5.92 Å². The Kier molecular flexibility index (Phi) is 9.89. The van der Waals surface area contributed by atoms with E-state index >= 15 is 0 Å². The van der Waals surface area contributed by atoms with Crippen LogP contribution in [0.3, 0.4) is 0 Å². The highest BCUT2D eigenvalue weighted by molar-refractivity contribution is 5.95. The summed E-state index contributed by atoms with van der Waals surface area (Å²) < 4.78 is 0. The van der Waals surface area contributed by atoms with E-state index in [0.717, 1.165) is 0 Å². The molecule has 0 aromatic heterocycles. The van der Waals surface area contributed by atoms with Gasteiger partial charge >= 0.3 is 5.97 Å². The number of hydrogen-bond acceptors (Lipinski definition) is 6. The molecule has 0 aliphatic heterocycles. The van der Waals surface area contributed by atoms with Crippen LogP contribution in [-0.4, -0.2) is 59.4 Å². The summed E-state index contributed by atoms with van der Waals surface area (Å²) in [6, 6.07) is -3.26. The molecule has 0 rings (SSSR count). The highest BCUT2D eigenvalue weighted by atomic mass is 16.4. The first kappa shape index (κ1) is 23.3. The molecule has 4 unspecified atom stereocenters. The first-order valence-corrected chi connectivity index (χ1v) is 8.13. The van der Waals surface area contributed by atoms with Gasteiger partial charge in [-0.05, 0) is 12.8 Å². The summed E-state index contributed by atoms with van der Waals surface area (Å²) in [6.45, 7) is 4.33. The Morgan fingerprint density at radius 3 is 2.04 bits per heavy atom. The fraction of sp³-hybridized carbons (Fsp3) is 0.667. The molecule has 0 heterocycles. The molecule has 0 aromatic carbocycles. The summed E-state index contributed by atoms with van der Waals surface area (Å²) in [5, 5.41) is 15.3. The quantitative estimate of drug-likeness (QED) is 0.229. The zero-order valence-corrected chi connectivity index (χ0v) is 15.1. The molecule has 4 amide bonds. The number of carboxylic acid groups (broad SMARTS) is 1. The fourth-order valence-corrected chi connectivity index (χ4v) is 1.89. The molecule has 0 aromatic rings. The fourth-order valence-electron chi connectivity index (χ4n) is 1.89. The normalized spacial score (nSPS) is 15.1. The number of amides is 4. The lowest BCUT2D eigenvalue weighted by Crippen LogP contribution is -2.56. The molecule has 0 aliphatic carbocycles. The Balaban J connectivity index is 4.93. The van der Waals surface area contributed by atoms with E-state index in [4.69, 9.17) is 16.6 Å². The van der Waals surface area contributed by atoms with Crippen LogP contribution in [0, 0.1) is 5.92 Å². The van der Waals surface area contributed by atoms with E-state index in [1.165, 1.54) is 6.92 Å². The molecule has 11 nitrogen and oxygen atoms in total. The van der Waals surface area contributed by atoms with E-state index < -0.39 is 60.7 Å². The Labute approximate surface area is 151 Å². The van der Waals surface area contributed by atoms with Crippen LogP contribution in [0.5, 0.6) is 0 Å². The lowest BCUT2D eigenvalue weighted by Gasteiger charge is -2.23. The molecular weight excluding hydrogens is 346 g/mol. The number of hydrogen-bond donors (Lipinski definition) is 6. The van der Waals surface area contributed by atoms with Gasteiger partial charge in [0.15, 0.2) is 0 Å². The minimum Gasteiger partial charge on any atom is -0.480 e. The second-order valence-corrected chi connectivity index (χ2v) is 5.98. The second-order valence-electron chi connectivity index (χ2n) is 5.98. The second kappa shape index (κ2) is 11.0. The van der Waals surface area contributed by atoms with Crippen molar-refractivity contribution in [2.24, 2.45) is 17.4 Å². The third-order valence-electron chi connectivity index (χ3n) is 3.76. The zero-order chi connectivity index (χ0) is 20.4. The summed E-state index contributed by atoms with van der Waals surface area (Å²) in [4.78, 5) is 57.7. The molecule has 0 aliphatic rings. The van der Waals surface area contributed by atoms with E-state index in [0.29, 0.717) is 6.42 Å². The summed E-state index contributed by atoms with van der Waals surface area (Å²) in [5.41, 5.74) is 10.9. The van der Waals surface area contributed by atoms with Gasteiger partial charge < -0.3 is 32.5 Å². The van der Waals surface area contributed by atoms with Gasteiger partial charge in [-0.2, -0.15) is 0 Å². The first-order chi connectivity index (χ1) is 12.0. The highest BCUT2D eigenvalue weighted by Gasteiger charge is 2.29. The monoisotopic (exact) mass is 373 g/mol. The van der Waals surface area contributed by atoms with Gasteiger partial charge in [-0.25, -0.2) is 0 Å². The molecule has 0 saturated carbocycles. The number of nitrogens with one attached hydrogen (secondary N) is 3. The maximum absolute atomic E-state index is 12.3. The summed E-state index contributed by atoms with van der Waals surface area (Å²) in [5.74, 6) is -4.38. The van der Waals surface area contributed by atoms with Crippen molar-refractivity contribution in [1.29, 1.82) is 0 Å². The van der Waals surface area contributed by atoms with Crippen LogP contribution in [0.25, 0.3) is 0 Å². The predicted molar refractivity (Wildman–Crippen MR) is 91.4 cm³/mol. The van der Waals surface area contributed by atoms with Crippen LogP contribution in [0.15, 0.2) is 0 Å². The van der Waals surface area contributed by atoms with Crippen molar-refractivity contribution in [3.63, 3.8) is 0 Å². The average Bonchev–Trinajstić information content (AvgIpc) is 2.56. The van der Waals surface area contributed by atoms with E-state index in [9.17, 15) is 24.0 Å². The van der Waals surface area contributed by atoms with Crippen molar-refractivity contribution >= 4 is 29.6 Å². The Morgan fingerprint density at radius 1 is 1.00 bits per heavy atom. The molecule has 0 saturated heterocycles. The predicted octanol–water partition coefficient (Wildman–Crippen LogP) is -2.57. The van der Waals surface area contributed by atoms with Crippen LogP contribution in [-0.2, 0) is 24.0 Å². The number of primary amides is 1. The molecule has 0 radical (unpaired) electrons. The molecule has 8 N–H and O–H groups in total. The largest absolute Gasteiger partial charge is 0.480 e. The smallest absolute Gasteiger partial charge is 0.322 e. The van der Waals surface area contributed by atoms with Crippen LogP contribution >= 0.6 is 0 Å². The minimum atomic E-state index is -1.30. The van der Waals surface area contributed by atoms with Gasteiger partial charge in [0.1, 0.15) is 18.6 Å². The van der Waals surface area contributed by atoms with Crippen molar-refractivity contribution < 1.29 is 29.1 Å². The number of rotatable bonds is 11. The van der Waals surface area contributed by atoms with Crippen molar-refractivity contribution in [3.8, 4) is 0 Å². The van der Waals surface area contributed by atoms with Crippen molar-refractivity contribution in [1.82, 2.24) is 16.0 Å². The maximum atomic E-state index is 12.3. The molecule has 0 bridgehead atoms. The van der Waals surface area contributed by atoms with Gasteiger partial charge in [-0.1, -0.05) is 20.3 Å². The van der Waals surface area contributed by atoms with Crippen molar-refractivity contribution in [3.05, 3.63) is 0 Å². The van der Waals surface area contributed by atoms with E-state index in [1.54, 1.807) is 6.92 Å². The van der Waals surface area contributed by atoms with Gasteiger partial charge in [-0.3, -0.25) is 24.0 Å². The lowest BCUT2D eigenvalue weighted by atomic mass is 9.99. The van der Waals surface area contributed by atoms with Crippen LogP contribution in [0.4, 0.5) is 0 Å². The lowest BCUT2D eigenvalue weighted by molar-refractivity contribution is -0.138. The third kappa shape index (κ3) is 8.42. The Bertz CT molecular complexity index is 553. The van der Waals surface area contributed by atoms with Crippen LogP contribution in [0.1, 0.15) is 33.6 Å². The number of carbonyl (C=O) groups is 5. The summed E-state index contributed by atoms with van der Waals surface area (Å²) >= 11 is 0. The van der Waals surface area contributed by atoms with E-state index in [1.807, 2.05) is 6.92 Å². The highest BCUT2D eigenvalue weighted by Crippen LogP contribution is 2.06. The molecule has 11 heteroatoms. The van der Waals surface area contributed by atoms with Gasteiger partial charge in [0.2, 0.25) is 23.6 Å². The molecular formula is C15H27N5O6. The van der Waals surface area contributed by atoms with Gasteiger partial charge in [0.05, 0.1) is 12.5 Å². The minimum absolute atomic E-state index is 0.145. The topological polar surface area (TPSA) is 194 Å². The molecule has 0 fully saturated rings. The van der Waals surface area contributed by atoms with Gasteiger partial charge in [0.25, 0.3) is 0 Å². The zero-order valence-electron chi connectivity index (χ0n) is 15.1. The van der Waals surface area contributed by atoms with Crippen LogP contribution in [0.2, 0.25) is 0 Å². The number of carboxylic acids is 1. The van der Waals surface area contributed by atoms with Crippen molar-refractivity contribution in [2.45, 2.75) is 51.7 Å². The van der Waals surface area contributed by atoms with E-state index in [2.05, 4.69) is 16.0 Å². The van der Waals surface area contributed by atoms with Gasteiger partial charge in [0, 0.05) is 0 Å². The third-order valence-corrected chi connectivity index (χ3v) is 3.76. The van der Waals surface area contributed by atoms with Gasteiger partial charge in [-0.15, -0.1) is 0 Å². The molecule has 0 spiro atoms. The van der Waals surface area contributed by atoms with Crippen molar-refractivity contribution in [2.75, 3.05) is 6.54 Å². The standard InChI is InChI=1S/C15H27N5O6/c1-4-7(2)12(17)15(26)20-9(5-10(16)21)14(25)19-8(3)13(24)18-6-11(22)23/h7-9,12H,4-6,17H2,1-3H3,(H2,16,21)(H,18,24)(H,19,25)(H,20,26)(H,22,23). The Hall–Kier alpha value is -2.69. The maximum Gasteiger partial charge on any atom is 0.322 e. The summed E-state index contributed by atoms with van der Waals surface area (Å²) in [7, 11) is 0. The average molecular weight is 373 g/mol. The molecule has 4 atom stereocenters. The number of aliphatic carboxylic acids is 1. The Morgan fingerprint density at radius 2 is 1.58 bits per heavy atom. The first-order valence-electron chi connectivity index (χ1n) is 8.13. The SMILES string of the molecule is CCC(C)C(N)C(=O)NC(CC(N)=O)C(=O)NC(C)C(=O)NCC(=O)O. The number of carbonyl (C=O) groups excluding carboxylic acids is 4. The molecule has 148 valence electrons. The number of nitrogens with two attached hydrogens (primary N) is 2.